The van der Waals surface area contributed by atoms with Crippen molar-refractivity contribution < 1.29 is 5.11 Å². The van der Waals surface area contributed by atoms with E-state index >= 15 is 0 Å². The van der Waals surface area contributed by atoms with Crippen LogP contribution in [0, 0.1) is 0 Å². The van der Waals surface area contributed by atoms with Crippen molar-refractivity contribution in [3.8, 4) is 10.6 Å². The third-order valence-electron chi connectivity index (χ3n) is 2.53. The number of nitrogens with one attached hydrogen (secondary N) is 1. The molecule has 6 heteroatoms. The molecule has 1 unspecified atom stereocenters. The predicted molar refractivity (Wildman–Crippen MR) is 75.1 cm³/mol. The molecule has 0 radical (unpaired) electrons. The summed E-state index contributed by atoms with van der Waals surface area (Å²) in [6.07, 6.45) is 4.18. The molecule has 0 aliphatic rings. The van der Waals surface area contributed by atoms with Crippen LogP contribution < -0.4 is 5.32 Å². The van der Waals surface area contributed by atoms with E-state index in [0.717, 1.165) is 21.3 Å². The second-order valence-corrected chi connectivity index (χ2v) is 5.54. The molecule has 0 saturated carbocycles. The molecule has 0 fully saturated rings. The van der Waals surface area contributed by atoms with Crippen LogP contribution in [0.15, 0.2) is 24.5 Å². The van der Waals surface area contributed by atoms with Crippen molar-refractivity contribution in [1.29, 1.82) is 0 Å². The van der Waals surface area contributed by atoms with Gasteiger partial charge in [0.2, 0.25) is 0 Å². The summed E-state index contributed by atoms with van der Waals surface area (Å²) in [7, 11) is 0. The molecule has 2 rings (SSSR count). The monoisotopic (exact) mass is 283 g/mol. The Morgan fingerprint density at radius 2 is 2.28 bits per heavy atom. The highest BCUT2D eigenvalue weighted by molar-refractivity contribution is 7.19. The maximum atomic E-state index is 9.15. The second-order valence-electron chi connectivity index (χ2n) is 3.83. The van der Waals surface area contributed by atoms with E-state index < -0.39 is 0 Å². The number of thiophene rings is 1. The highest BCUT2D eigenvalue weighted by atomic mass is 35.5. The summed E-state index contributed by atoms with van der Waals surface area (Å²) in [6.45, 7) is 2.08. The molecule has 2 N–H and O–H groups in total. The highest BCUT2D eigenvalue weighted by Crippen LogP contribution is 2.29. The Morgan fingerprint density at radius 1 is 1.44 bits per heavy atom. The molecule has 0 aliphatic carbocycles. The van der Waals surface area contributed by atoms with Crippen molar-refractivity contribution in [2.45, 2.75) is 19.4 Å². The number of rotatable bonds is 5. The van der Waals surface area contributed by atoms with Crippen LogP contribution in [0.25, 0.3) is 10.6 Å². The van der Waals surface area contributed by atoms with Crippen LogP contribution in [0.1, 0.15) is 13.3 Å². The van der Waals surface area contributed by atoms with Gasteiger partial charge < -0.3 is 10.4 Å². The second kappa shape index (κ2) is 6.13. The first kappa shape index (κ1) is 13.3. The molecule has 2 aromatic rings. The first-order chi connectivity index (χ1) is 8.72. The molecule has 0 aliphatic heterocycles. The molecule has 2 aromatic heterocycles. The SMILES string of the molecule is CCC(CO)Nc1cncc(-c2ccc(Cl)s2)n1. The van der Waals surface area contributed by atoms with Crippen LogP contribution in [0.4, 0.5) is 5.82 Å². The average Bonchev–Trinajstić information content (AvgIpc) is 2.83. The van der Waals surface area contributed by atoms with Crippen molar-refractivity contribution in [3.05, 3.63) is 28.9 Å². The minimum absolute atomic E-state index is 0.00136. The van der Waals surface area contributed by atoms with Gasteiger partial charge in [0.05, 0.1) is 34.3 Å². The standard InChI is InChI=1S/C12H14ClN3OS/c1-2-8(7-17)15-12-6-14-5-9(16-12)10-3-4-11(13)18-10/h3-6,8,17H,2,7H2,1H3,(H,15,16). The number of nitrogens with zero attached hydrogens (tertiary/aromatic N) is 2. The van der Waals surface area contributed by atoms with Gasteiger partial charge in [0, 0.05) is 0 Å². The molecule has 96 valence electrons. The zero-order valence-corrected chi connectivity index (χ0v) is 11.5. The Kier molecular flexibility index (Phi) is 4.52. The highest BCUT2D eigenvalue weighted by Gasteiger charge is 2.08. The molecule has 1 atom stereocenters. The van der Waals surface area contributed by atoms with Gasteiger partial charge in [-0.3, -0.25) is 4.98 Å². The van der Waals surface area contributed by atoms with Gasteiger partial charge in [-0.15, -0.1) is 11.3 Å². The Balaban J connectivity index is 2.19. The molecule has 18 heavy (non-hydrogen) atoms. The predicted octanol–water partition coefficient (Wildman–Crippen LogP) is 3.04. The van der Waals surface area contributed by atoms with E-state index in [1.165, 1.54) is 11.3 Å². The molecule has 0 amide bonds. The molecular weight excluding hydrogens is 270 g/mol. The van der Waals surface area contributed by atoms with Crippen molar-refractivity contribution in [1.82, 2.24) is 9.97 Å². The summed E-state index contributed by atoms with van der Waals surface area (Å²) in [4.78, 5) is 9.59. The van der Waals surface area contributed by atoms with Gasteiger partial charge >= 0.3 is 0 Å². The minimum Gasteiger partial charge on any atom is -0.394 e. The molecule has 4 nitrogen and oxygen atoms in total. The fourth-order valence-electron chi connectivity index (χ4n) is 1.49. The third kappa shape index (κ3) is 3.19. The van der Waals surface area contributed by atoms with Crippen LogP contribution in [0.5, 0.6) is 0 Å². The lowest BCUT2D eigenvalue weighted by Crippen LogP contribution is -2.23. The maximum absolute atomic E-state index is 9.15. The van der Waals surface area contributed by atoms with Crippen LogP contribution in [0.3, 0.4) is 0 Å². The lowest BCUT2D eigenvalue weighted by atomic mass is 10.2. The number of halogens is 1. The Labute approximate surface area is 115 Å². The normalized spacial score (nSPS) is 12.4. The van der Waals surface area contributed by atoms with Crippen LogP contribution in [-0.2, 0) is 0 Å². The van der Waals surface area contributed by atoms with Crippen molar-refractivity contribution >= 4 is 28.8 Å². The van der Waals surface area contributed by atoms with Gasteiger partial charge in [-0.05, 0) is 18.6 Å². The first-order valence-electron chi connectivity index (χ1n) is 5.68. The molecule has 0 saturated heterocycles. The average molecular weight is 284 g/mol. The minimum atomic E-state index is 0.00136. The Bertz CT molecular complexity index is 514. The van der Waals surface area contributed by atoms with E-state index in [0.29, 0.717) is 5.82 Å². The van der Waals surface area contributed by atoms with E-state index in [-0.39, 0.29) is 12.6 Å². The zero-order chi connectivity index (χ0) is 13.0. The van der Waals surface area contributed by atoms with E-state index in [4.69, 9.17) is 16.7 Å². The van der Waals surface area contributed by atoms with E-state index in [1.54, 1.807) is 12.4 Å². The lowest BCUT2D eigenvalue weighted by Gasteiger charge is -2.14. The van der Waals surface area contributed by atoms with Crippen molar-refractivity contribution in [2.24, 2.45) is 0 Å². The van der Waals surface area contributed by atoms with Crippen LogP contribution in [-0.4, -0.2) is 27.7 Å². The summed E-state index contributed by atoms with van der Waals surface area (Å²) in [5.74, 6) is 0.665. The van der Waals surface area contributed by atoms with Gasteiger partial charge in [0.1, 0.15) is 11.5 Å². The Morgan fingerprint density at radius 3 is 2.89 bits per heavy atom. The van der Waals surface area contributed by atoms with Crippen molar-refractivity contribution in [3.63, 3.8) is 0 Å². The van der Waals surface area contributed by atoms with Gasteiger partial charge in [0.15, 0.2) is 0 Å². The first-order valence-corrected chi connectivity index (χ1v) is 6.87. The van der Waals surface area contributed by atoms with Crippen LogP contribution in [0.2, 0.25) is 4.34 Å². The number of hydrogen-bond acceptors (Lipinski definition) is 5. The number of anilines is 1. The summed E-state index contributed by atoms with van der Waals surface area (Å²) >= 11 is 7.37. The lowest BCUT2D eigenvalue weighted by molar-refractivity contribution is 0.271. The molecule has 2 heterocycles. The molecule has 0 spiro atoms. The fraction of sp³-hybridized carbons (Fsp3) is 0.333. The summed E-state index contributed by atoms with van der Waals surface area (Å²) < 4.78 is 0.729. The molecule has 0 aromatic carbocycles. The summed E-state index contributed by atoms with van der Waals surface area (Å²) in [5, 5.41) is 12.3. The quantitative estimate of drug-likeness (QED) is 0.885. The van der Waals surface area contributed by atoms with E-state index in [1.807, 2.05) is 19.1 Å². The Hall–Kier alpha value is -1.17. The fourth-order valence-corrected chi connectivity index (χ4v) is 2.49. The summed E-state index contributed by atoms with van der Waals surface area (Å²) in [6, 6.07) is 3.76. The van der Waals surface area contributed by atoms with Crippen molar-refractivity contribution in [2.75, 3.05) is 11.9 Å². The smallest absolute Gasteiger partial charge is 0.145 e. The van der Waals surface area contributed by atoms with E-state index in [2.05, 4.69) is 15.3 Å². The third-order valence-corrected chi connectivity index (χ3v) is 3.78. The van der Waals surface area contributed by atoms with E-state index in [9.17, 15) is 0 Å². The molecule has 0 bridgehead atoms. The van der Waals surface area contributed by atoms with Gasteiger partial charge in [-0.1, -0.05) is 18.5 Å². The van der Waals surface area contributed by atoms with Gasteiger partial charge in [-0.25, -0.2) is 4.98 Å². The topological polar surface area (TPSA) is 58.0 Å². The number of hydrogen-bond donors (Lipinski definition) is 2. The zero-order valence-electron chi connectivity index (χ0n) is 9.93. The molecular formula is C12H14ClN3OS. The maximum Gasteiger partial charge on any atom is 0.145 e. The number of aromatic nitrogens is 2. The van der Waals surface area contributed by atoms with Crippen LogP contribution >= 0.6 is 22.9 Å². The number of aliphatic hydroxyl groups is 1. The van der Waals surface area contributed by atoms with Gasteiger partial charge in [0.25, 0.3) is 0 Å². The van der Waals surface area contributed by atoms with Gasteiger partial charge in [-0.2, -0.15) is 0 Å². The summed E-state index contributed by atoms with van der Waals surface area (Å²) in [5.41, 5.74) is 0.782. The largest absolute Gasteiger partial charge is 0.394 e. The number of aliphatic hydroxyl groups excluding tert-OH is 1.